The van der Waals surface area contributed by atoms with Gasteiger partial charge in [0.1, 0.15) is 0 Å². The lowest BCUT2D eigenvalue weighted by molar-refractivity contribution is -0.114. The fourth-order valence-corrected chi connectivity index (χ4v) is 4.43. The Morgan fingerprint density at radius 1 is 1.24 bits per heavy atom. The maximum atomic E-state index is 13.0. The molecule has 2 aliphatic rings. The molecule has 3 aromatic rings. The standard InChI is InChI=1S/C23H24N4O2/c1-12-8-17(9-18-11-27(22(29)21(12)18)13(2)15-4-5-15)16-6-7-19-20(10-16)26-23(25-19)24-14(3)28/h6-10,13,15H,4-5,11H2,1-3H3,(H2,24,25,26,28)/t13-/m0/s1. The zero-order valence-electron chi connectivity index (χ0n) is 16.9. The van der Waals surface area contributed by atoms with Crippen LogP contribution in [0.2, 0.25) is 0 Å². The average Bonchev–Trinajstić information content (AvgIpc) is 3.36. The van der Waals surface area contributed by atoms with Crippen LogP contribution in [0.3, 0.4) is 0 Å². The number of rotatable bonds is 4. The first-order chi connectivity index (χ1) is 13.9. The summed E-state index contributed by atoms with van der Waals surface area (Å²) >= 11 is 0. The summed E-state index contributed by atoms with van der Waals surface area (Å²) < 4.78 is 0. The summed E-state index contributed by atoms with van der Waals surface area (Å²) in [5.41, 5.74) is 6.82. The van der Waals surface area contributed by atoms with Crippen molar-refractivity contribution in [1.29, 1.82) is 0 Å². The minimum absolute atomic E-state index is 0.159. The van der Waals surface area contributed by atoms with Gasteiger partial charge in [0.25, 0.3) is 5.91 Å². The van der Waals surface area contributed by atoms with Crippen molar-refractivity contribution in [2.24, 2.45) is 5.92 Å². The summed E-state index contributed by atoms with van der Waals surface area (Å²) in [6, 6.07) is 10.6. The Labute approximate surface area is 169 Å². The van der Waals surface area contributed by atoms with Gasteiger partial charge in [-0.2, -0.15) is 0 Å². The van der Waals surface area contributed by atoms with Crippen molar-refractivity contribution in [3.63, 3.8) is 0 Å². The average molecular weight is 388 g/mol. The molecule has 1 fully saturated rings. The molecule has 148 valence electrons. The van der Waals surface area contributed by atoms with Crippen LogP contribution < -0.4 is 5.32 Å². The van der Waals surface area contributed by atoms with Gasteiger partial charge in [0, 0.05) is 25.1 Å². The molecule has 2 amide bonds. The number of nitrogens with one attached hydrogen (secondary N) is 2. The molecule has 2 N–H and O–H groups in total. The maximum Gasteiger partial charge on any atom is 0.255 e. The Kier molecular flexibility index (Phi) is 3.98. The highest BCUT2D eigenvalue weighted by molar-refractivity contribution is 6.01. The molecule has 1 atom stereocenters. The third kappa shape index (κ3) is 3.09. The summed E-state index contributed by atoms with van der Waals surface area (Å²) in [6.45, 7) is 6.35. The number of hydrogen-bond donors (Lipinski definition) is 2. The Hall–Kier alpha value is -3.15. The zero-order chi connectivity index (χ0) is 20.3. The van der Waals surface area contributed by atoms with Gasteiger partial charge in [0.05, 0.1) is 11.0 Å². The minimum atomic E-state index is -0.159. The highest BCUT2D eigenvalue weighted by Crippen LogP contribution is 2.40. The number of amides is 2. The predicted molar refractivity (Wildman–Crippen MR) is 113 cm³/mol. The quantitative estimate of drug-likeness (QED) is 0.701. The van der Waals surface area contributed by atoms with Gasteiger partial charge in [-0.3, -0.25) is 14.9 Å². The van der Waals surface area contributed by atoms with Gasteiger partial charge in [-0.25, -0.2) is 4.98 Å². The number of carbonyl (C=O) groups is 2. The van der Waals surface area contributed by atoms with Gasteiger partial charge in [-0.1, -0.05) is 12.1 Å². The van der Waals surface area contributed by atoms with Crippen LogP contribution in [0.4, 0.5) is 5.95 Å². The summed E-state index contributed by atoms with van der Waals surface area (Å²) in [4.78, 5) is 33.8. The van der Waals surface area contributed by atoms with Crippen LogP contribution in [0.15, 0.2) is 30.3 Å². The number of imidazole rings is 1. The third-order valence-electron chi connectivity index (χ3n) is 6.14. The van der Waals surface area contributed by atoms with Crippen LogP contribution in [-0.4, -0.2) is 32.7 Å². The fraction of sp³-hybridized carbons (Fsp3) is 0.348. The van der Waals surface area contributed by atoms with Crippen LogP contribution in [0, 0.1) is 12.8 Å². The molecular formula is C23H24N4O2. The number of nitrogens with zero attached hydrogens (tertiary/aromatic N) is 2. The van der Waals surface area contributed by atoms with Gasteiger partial charge in [-0.15, -0.1) is 0 Å². The van der Waals surface area contributed by atoms with Crippen LogP contribution in [-0.2, 0) is 11.3 Å². The summed E-state index contributed by atoms with van der Waals surface area (Å²) in [5, 5.41) is 2.68. The van der Waals surface area contributed by atoms with E-state index in [4.69, 9.17) is 0 Å². The van der Waals surface area contributed by atoms with E-state index in [-0.39, 0.29) is 11.8 Å². The predicted octanol–water partition coefficient (Wildman–Crippen LogP) is 4.25. The molecule has 5 rings (SSSR count). The number of hydrogen-bond acceptors (Lipinski definition) is 3. The molecule has 1 aliphatic heterocycles. The Morgan fingerprint density at radius 2 is 2.03 bits per heavy atom. The second-order valence-corrected chi connectivity index (χ2v) is 8.34. The van der Waals surface area contributed by atoms with Gasteiger partial charge >= 0.3 is 0 Å². The molecule has 0 spiro atoms. The van der Waals surface area contributed by atoms with Crippen molar-refractivity contribution in [2.75, 3.05) is 5.32 Å². The lowest BCUT2D eigenvalue weighted by Gasteiger charge is -2.24. The normalized spacial score (nSPS) is 16.9. The van der Waals surface area contributed by atoms with E-state index in [1.54, 1.807) is 0 Å². The van der Waals surface area contributed by atoms with Crippen LogP contribution in [0.25, 0.3) is 22.2 Å². The first kappa shape index (κ1) is 17.9. The van der Waals surface area contributed by atoms with E-state index in [9.17, 15) is 9.59 Å². The molecule has 1 aliphatic carbocycles. The monoisotopic (exact) mass is 388 g/mol. The number of fused-ring (bicyclic) bond motifs is 2. The van der Waals surface area contributed by atoms with Crippen LogP contribution in [0.1, 0.15) is 48.2 Å². The molecule has 29 heavy (non-hydrogen) atoms. The van der Waals surface area contributed by atoms with E-state index in [2.05, 4.69) is 34.3 Å². The Balaban J connectivity index is 1.50. The van der Waals surface area contributed by atoms with Crippen molar-refractivity contribution >= 4 is 28.8 Å². The van der Waals surface area contributed by atoms with Crippen LogP contribution in [0.5, 0.6) is 0 Å². The van der Waals surface area contributed by atoms with Crippen LogP contribution >= 0.6 is 0 Å². The molecule has 0 saturated heterocycles. The topological polar surface area (TPSA) is 78.1 Å². The summed E-state index contributed by atoms with van der Waals surface area (Å²) in [7, 11) is 0. The van der Waals surface area contributed by atoms with Gasteiger partial charge in [0.15, 0.2) is 0 Å². The number of benzene rings is 2. The lowest BCUT2D eigenvalue weighted by Crippen LogP contribution is -2.34. The molecule has 1 saturated carbocycles. The first-order valence-electron chi connectivity index (χ1n) is 10.1. The minimum Gasteiger partial charge on any atom is -0.331 e. The fourth-order valence-electron chi connectivity index (χ4n) is 4.43. The molecule has 1 aromatic heterocycles. The number of aromatic amines is 1. The molecular weight excluding hydrogens is 364 g/mol. The second-order valence-electron chi connectivity index (χ2n) is 8.34. The lowest BCUT2D eigenvalue weighted by atomic mass is 9.96. The van der Waals surface area contributed by atoms with E-state index >= 15 is 0 Å². The Bertz CT molecular complexity index is 1160. The highest BCUT2D eigenvalue weighted by Gasteiger charge is 2.39. The SMILES string of the molecule is CC(=O)Nc1nc2ccc(-c3cc(C)c4c(c3)CN([C@@H](C)C3CC3)C4=O)cc2[nH]1. The number of H-pyrrole nitrogens is 1. The number of aryl methyl sites for hydroxylation is 1. The maximum absolute atomic E-state index is 13.0. The van der Waals surface area contributed by atoms with E-state index in [0.717, 1.165) is 38.9 Å². The van der Waals surface area contributed by atoms with Crippen molar-refractivity contribution < 1.29 is 9.59 Å². The van der Waals surface area contributed by atoms with Crippen molar-refractivity contribution in [1.82, 2.24) is 14.9 Å². The van der Waals surface area contributed by atoms with Crippen molar-refractivity contribution in [3.8, 4) is 11.1 Å². The molecule has 0 bridgehead atoms. The third-order valence-corrected chi connectivity index (χ3v) is 6.14. The second kappa shape index (κ2) is 6.44. The largest absolute Gasteiger partial charge is 0.331 e. The van der Waals surface area contributed by atoms with Gasteiger partial charge < -0.3 is 9.88 Å². The molecule has 2 heterocycles. The molecule has 2 aromatic carbocycles. The smallest absolute Gasteiger partial charge is 0.255 e. The molecule has 0 unspecified atom stereocenters. The summed E-state index contributed by atoms with van der Waals surface area (Å²) in [5.74, 6) is 1.12. The van der Waals surface area contributed by atoms with E-state index < -0.39 is 0 Å². The molecule has 6 heteroatoms. The van der Waals surface area contributed by atoms with E-state index in [1.165, 1.54) is 19.8 Å². The number of aromatic nitrogens is 2. The number of carbonyl (C=O) groups excluding carboxylic acids is 2. The van der Waals surface area contributed by atoms with Gasteiger partial charge in [-0.05, 0) is 73.1 Å². The Morgan fingerprint density at radius 3 is 2.76 bits per heavy atom. The molecule has 0 radical (unpaired) electrons. The van der Waals surface area contributed by atoms with E-state index in [1.807, 2.05) is 30.0 Å². The van der Waals surface area contributed by atoms with Crippen molar-refractivity contribution in [3.05, 3.63) is 47.0 Å². The highest BCUT2D eigenvalue weighted by atomic mass is 16.2. The summed E-state index contributed by atoms with van der Waals surface area (Å²) in [6.07, 6.45) is 2.46. The van der Waals surface area contributed by atoms with E-state index in [0.29, 0.717) is 24.5 Å². The molecule has 6 nitrogen and oxygen atoms in total. The zero-order valence-corrected chi connectivity index (χ0v) is 16.9. The van der Waals surface area contributed by atoms with Gasteiger partial charge in [0.2, 0.25) is 11.9 Å². The first-order valence-corrected chi connectivity index (χ1v) is 10.1. The number of anilines is 1. The van der Waals surface area contributed by atoms with Crippen molar-refractivity contribution in [2.45, 2.75) is 46.2 Å².